The Labute approximate surface area is 115 Å². The van der Waals surface area contributed by atoms with Crippen molar-refractivity contribution in [1.29, 1.82) is 0 Å². The van der Waals surface area contributed by atoms with E-state index in [1.165, 1.54) is 0 Å². The van der Waals surface area contributed by atoms with E-state index in [0.717, 1.165) is 15.8 Å². The van der Waals surface area contributed by atoms with Gasteiger partial charge in [-0.3, -0.25) is 0 Å². The van der Waals surface area contributed by atoms with Crippen molar-refractivity contribution in [3.8, 4) is 11.5 Å². The van der Waals surface area contributed by atoms with E-state index >= 15 is 0 Å². The van der Waals surface area contributed by atoms with Crippen LogP contribution in [0.1, 0.15) is 5.56 Å². The number of hydrogen-bond donors (Lipinski definition) is 1. The van der Waals surface area contributed by atoms with Gasteiger partial charge in [-0.1, -0.05) is 24.3 Å². The molecule has 0 bridgehead atoms. The van der Waals surface area contributed by atoms with E-state index in [1.807, 2.05) is 42.5 Å². The van der Waals surface area contributed by atoms with E-state index in [-0.39, 0.29) is 0 Å². The number of methoxy groups -OCH3 is 1. The molecule has 94 valence electrons. The Bertz CT molecular complexity index is 523. The van der Waals surface area contributed by atoms with Crippen molar-refractivity contribution in [2.24, 2.45) is 0 Å². The third-order valence-corrected chi connectivity index (χ3v) is 3.19. The quantitative estimate of drug-likeness (QED) is 0.877. The molecule has 0 heterocycles. The molecule has 2 N–H and O–H groups in total. The predicted octanol–water partition coefficient (Wildman–Crippen LogP) is 3.62. The molecule has 0 atom stereocenters. The van der Waals surface area contributed by atoms with E-state index in [9.17, 15) is 0 Å². The van der Waals surface area contributed by atoms with E-state index in [0.29, 0.717) is 18.0 Å². The highest BCUT2D eigenvalue weighted by Crippen LogP contribution is 2.32. The van der Waals surface area contributed by atoms with Crippen molar-refractivity contribution in [3.05, 3.63) is 52.5 Å². The van der Waals surface area contributed by atoms with Crippen LogP contribution in [-0.2, 0) is 6.61 Å². The molecule has 0 radical (unpaired) electrons. The first-order valence-electron chi connectivity index (χ1n) is 5.51. The molecule has 0 aliphatic rings. The maximum atomic E-state index is 5.87. The van der Waals surface area contributed by atoms with Crippen LogP contribution in [0, 0.1) is 0 Å². The number of anilines is 1. The monoisotopic (exact) mass is 307 g/mol. The highest BCUT2D eigenvalue weighted by molar-refractivity contribution is 9.10. The molecule has 0 spiro atoms. The molecule has 3 nitrogen and oxygen atoms in total. The molecule has 0 aliphatic heterocycles. The maximum Gasteiger partial charge on any atom is 0.156 e. The van der Waals surface area contributed by atoms with Crippen LogP contribution in [0.3, 0.4) is 0 Å². The van der Waals surface area contributed by atoms with Crippen LogP contribution in [0.2, 0.25) is 0 Å². The Hall–Kier alpha value is -1.68. The minimum Gasteiger partial charge on any atom is -0.496 e. The van der Waals surface area contributed by atoms with Gasteiger partial charge in [0.1, 0.15) is 12.4 Å². The second kappa shape index (κ2) is 5.78. The standard InChI is InChI=1S/C14H14BrNO2/c1-17-13-8-3-2-5-10(13)9-18-14-11(15)6-4-7-12(14)16/h2-8H,9,16H2,1H3. The number of halogens is 1. The summed E-state index contributed by atoms with van der Waals surface area (Å²) in [5.41, 5.74) is 7.46. The Morgan fingerprint density at radius 2 is 1.89 bits per heavy atom. The van der Waals surface area contributed by atoms with Crippen LogP contribution in [0.25, 0.3) is 0 Å². The second-order valence-corrected chi connectivity index (χ2v) is 4.61. The van der Waals surface area contributed by atoms with Gasteiger partial charge in [0.15, 0.2) is 5.75 Å². The van der Waals surface area contributed by atoms with Gasteiger partial charge in [-0.2, -0.15) is 0 Å². The fraction of sp³-hybridized carbons (Fsp3) is 0.143. The maximum absolute atomic E-state index is 5.87. The smallest absolute Gasteiger partial charge is 0.156 e. The first-order valence-corrected chi connectivity index (χ1v) is 6.30. The van der Waals surface area contributed by atoms with Crippen molar-refractivity contribution < 1.29 is 9.47 Å². The summed E-state index contributed by atoms with van der Waals surface area (Å²) in [4.78, 5) is 0. The molecule has 2 rings (SSSR count). The highest BCUT2D eigenvalue weighted by atomic mass is 79.9. The first kappa shape index (κ1) is 12.8. The van der Waals surface area contributed by atoms with Crippen LogP contribution in [-0.4, -0.2) is 7.11 Å². The lowest BCUT2D eigenvalue weighted by Crippen LogP contribution is -2.01. The average molecular weight is 308 g/mol. The molecule has 2 aromatic rings. The molecule has 0 unspecified atom stereocenters. The number of benzene rings is 2. The van der Waals surface area contributed by atoms with Crippen LogP contribution in [0.15, 0.2) is 46.9 Å². The second-order valence-electron chi connectivity index (χ2n) is 3.76. The molecule has 4 heteroatoms. The molecule has 18 heavy (non-hydrogen) atoms. The lowest BCUT2D eigenvalue weighted by atomic mass is 10.2. The molecule has 0 amide bonds. The Morgan fingerprint density at radius 3 is 2.61 bits per heavy atom. The minimum absolute atomic E-state index is 0.414. The number of nitrogens with two attached hydrogens (primary N) is 1. The predicted molar refractivity (Wildman–Crippen MR) is 75.9 cm³/mol. The van der Waals surface area contributed by atoms with Crippen molar-refractivity contribution in [2.75, 3.05) is 12.8 Å². The van der Waals surface area contributed by atoms with Gasteiger partial charge in [-0.05, 0) is 34.1 Å². The van der Waals surface area contributed by atoms with Gasteiger partial charge in [-0.25, -0.2) is 0 Å². The average Bonchev–Trinajstić information content (AvgIpc) is 2.38. The van der Waals surface area contributed by atoms with Gasteiger partial charge in [-0.15, -0.1) is 0 Å². The SMILES string of the molecule is COc1ccccc1COc1c(N)cccc1Br. The van der Waals surface area contributed by atoms with Crippen molar-refractivity contribution in [1.82, 2.24) is 0 Å². The third-order valence-electron chi connectivity index (χ3n) is 2.56. The summed E-state index contributed by atoms with van der Waals surface area (Å²) < 4.78 is 11.9. The van der Waals surface area contributed by atoms with Crippen LogP contribution in [0.5, 0.6) is 11.5 Å². The largest absolute Gasteiger partial charge is 0.496 e. The van der Waals surface area contributed by atoms with Gasteiger partial charge in [0.2, 0.25) is 0 Å². The highest BCUT2D eigenvalue weighted by Gasteiger charge is 2.07. The molecular formula is C14H14BrNO2. The van der Waals surface area contributed by atoms with Gasteiger partial charge in [0.05, 0.1) is 17.3 Å². The Morgan fingerprint density at radius 1 is 1.11 bits per heavy atom. The molecule has 0 aromatic heterocycles. The lowest BCUT2D eigenvalue weighted by molar-refractivity contribution is 0.296. The van der Waals surface area contributed by atoms with Crippen molar-refractivity contribution >= 4 is 21.6 Å². The van der Waals surface area contributed by atoms with Gasteiger partial charge in [0.25, 0.3) is 0 Å². The van der Waals surface area contributed by atoms with Gasteiger partial charge >= 0.3 is 0 Å². The van der Waals surface area contributed by atoms with E-state index < -0.39 is 0 Å². The first-order chi connectivity index (χ1) is 8.72. The zero-order valence-electron chi connectivity index (χ0n) is 10.0. The summed E-state index contributed by atoms with van der Waals surface area (Å²) in [6.45, 7) is 0.414. The third kappa shape index (κ3) is 2.76. The Balaban J connectivity index is 2.16. The summed E-state index contributed by atoms with van der Waals surface area (Å²) in [6, 6.07) is 13.3. The summed E-state index contributed by atoms with van der Waals surface area (Å²) in [5.74, 6) is 1.46. The van der Waals surface area contributed by atoms with Crippen molar-refractivity contribution in [2.45, 2.75) is 6.61 Å². The summed E-state index contributed by atoms with van der Waals surface area (Å²) in [5, 5.41) is 0. The fourth-order valence-electron chi connectivity index (χ4n) is 1.65. The number of ether oxygens (including phenoxy) is 2. The lowest BCUT2D eigenvalue weighted by Gasteiger charge is -2.12. The van der Waals surface area contributed by atoms with Crippen molar-refractivity contribution in [3.63, 3.8) is 0 Å². The zero-order chi connectivity index (χ0) is 13.0. The topological polar surface area (TPSA) is 44.5 Å². The van der Waals surface area contributed by atoms with Crippen LogP contribution >= 0.6 is 15.9 Å². The zero-order valence-corrected chi connectivity index (χ0v) is 11.6. The van der Waals surface area contributed by atoms with E-state index in [1.54, 1.807) is 7.11 Å². The van der Waals surface area contributed by atoms with E-state index in [4.69, 9.17) is 15.2 Å². The molecule has 0 fully saturated rings. The summed E-state index contributed by atoms with van der Waals surface area (Å²) in [6.07, 6.45) is 0. The van der Waals surface area contributed by atoms with Crippen LogP contribution in [0.4, 0.5) is 5.69 Å². The van der Waals surface area contributed by atoms with E-state index in [2.05, 4.69) is 15.9 Å². The van der Waals surface area contributed by atoms with Gasteiger partial charge in [0, 0.05) is 5.56 Å². The summed E-state index contributed by atoms with van der Waals surface area (Å²) in [7, 11) is 1.64. The van der Waals surface area contributed by atoms with Crippen LogP contribution < -0.4 is 15.2 Å². The fourth-order valence-corrected chi connectivity index (χ4v) is 2.15. The number of hydrogen-bond acceptors (Lipinski definition) is 3. The van der Waals surface area contributed by atoms with Gasteiger partial charge < -0.3 is 15.2 Å². The summed E-state index contributed by atoms with van der Waals surface area (Å²) >= 11 is 3.42. The number of rotatable bonds is 4. The molecule has 0 saturated carbocycles. The minimum atomic E-state index is 0.414. The molecule has 2 aromatic carbocycles. The number of nitrogen functional groups attached to an aromatic ring is 1. The molecular weight excluding hydrogens is 294 g/mol. The molecule has 0 aliphatic carbocycles. The number of para-hydroxylation sites is 2. The Kier molecular flexibility index (Phi) is 4.10. The normalized spacial score (nSPS) is 10.1. The molecule has 0 saturated heterocycles.